The first-order chi connectivity index (χ1) is 8.62. The van der Waals surface area contributed by atoms with Crippen molar-refractivity contribution in [3.8, 4) is 0 Å². The molecule has 5 nitrogen and oxygen atoms in total. The van der Waals surface area contributed by atoms with Gasteiger partial charge in [0.05, 0.1) is 6.61 Å². The summed E-state index contributed by atoms with van der Waals surface area (Å²) in [4.78, 5) is 22.9. The summed E-state index contributed by atoms with van der Waals surface area (Å²) in [5.74, 6) is -0.494. The summed E-state index contributed by atoms with van der Waals surface area (Å²) in [6.07, 6.45) is 5.95. The van der Waals surface area contributed by atoms with Crippen molar-refractivity contribution in [2.45, 2.75) is 45.4 Å². The van der Waals surface area contributed by atoms with Crippen LogP contribution in [0.3, 0.4) is 0 Å². The lowest BCUT2D eigenvalue weighted by molar-refractivity contribution is -0.143. The maximum Gasteiger partial charge on any atom is 0.325 e. The lowest BCUT2D eigenvalue weighted by atomic mass is 9.71. The number of ether oxygens (including phenoxy) is 1. The molecular formula is C13H24N2O3. The Morgan fingerprint density at radius 2 is 1.94 bits per heavy atom. The van der Waals surface area contributed by atoms with E-state index in [2.05, 4.69) is 5.32 Å². The third-order valence-electron chi connectivity index (χ3n) is 3.62. The van der Waals surface area contributed by atoms with Crippen LogP contribution >= 0.6 is 0 Å². The molecule has 3 N–H and O–H groups in total. The fraction of sp³-hybridized carbons (Fsp3) is 0.846. The second kappa shape index (κ2) is 7.36. The van der Waals surface area contributed by atoms with Gasteiger partial charge in [-0.25, -0.2) is 0 Å². The van der Waals surface area contributed by atoms with Crippen molar-refractivity contribution in [3.63, 3.8) is 0 Å². The number of rotatable bonds is 6. The average Bonchev–Trinajstić information content (AvgIpc) is 2.38. The molecule has 1 amide bonds. The van der Waals surface area contributed by atoms with E-state index in [0.29, 0.717) is 19.6 Å². The van der Waals surface area contributed by atoms with Gasteiger partial charge in [-0.2, -0.15) is 0 Å². The number of carbonyl (C=O) groups is 2. The van der Waals surface area contributed by atoms with Gasteiger partial charge in [-0.3, -0.25) is 9.59 Å². The number of amides is 1. The number of nitrogens with two attached hydrogens (primary N) is 1. The fourth-order valence-electron chi connectivity index (χ4n) is 2.54. The summed E-state index contributed by atoms with van der Waals surface area (Å²) in [5, 5.41) is 2.60. The van der Waals surface area contributed by atoms with Crippen molar-refractivity contribution in [2.24, 2.45) is 11.1 Å². The largest absolute Gasteiger partial charge is 0.465 e. The predicted octanol–water partition coefficient (Wildman–Crippen LogP) is 0.965. The number of esters is 1. The first kappa shape index (κ1) is 15.0. The van der Waals surface area contributed by atoms with Crippen LogP contribution in [0.4, 0.5) is 0 Å². The maximum atomic E-state index is 11.8. The Kier molecular flexibility index (Phi) is 6.12. The van der Waals surface area contributed by atoms with E-state index in [4.69, 9.17) is 10.5 Å². The van der Waals surface area contributed by atoms with Crippen molar-refractivity contribution in [2.75, 3.05) is 19.7 Å². The van der Waals surface area contributed by atoms with E-state index in [1.54, 1.807) is 6.92 Å². The van der Waals surface area contributed by atoms with E-state index >= 15 is 0 Å². The minimum absolute atomic E-state index is 0.0483. The molecule has 0 heterocycles. The van der Waals surface area contributed by atoms with Crippen LogP contribution in [0.5, 0.6) is 0 Å². The van der Waals surface area contributed by atoms with Crippen LogP contribution < -0.4 is 11.1 Å². The summed E-state index contributed by atoms with van der Waals surface area (Å²) >= 11 is 0. The van der Waals surface area contributed by atoms with Crippen LogP contribution in [0.25, 0.3) is 0 Å². The Bertz CT molecular complexity index is 286. The number of carbonyl (C=O) groups excluding carboxylic acids is 2. The molecule has 104 valence electrons. The number of nitrogens with one attached hydrogen (secondary N) is 1. The summed E-state index contributed by atoms with van der Waals surface area (Å²) in [6, 6.07) is 0. The van der Waals surface area contributed by atoms with Crippen LogP contribution in [0.2, 0.25) is 0 Å². The van der Waals surface area contributed by atoms with Crippen LogP contribution in [-0.4, -0.2) is 31.6 Å². The molecule has 0 spiro atoms. The SMILES string of the molecule is CCOC(=O)CNC(=O)CC1(CN)CCCCC1. The highest BCUT2D eigenvalue weighted by Gasteiger charge is 2.32. The monoisotopic (exact) mass is 256 g/mol. The molecule has 0 aromatic carbocycles. The molecule has 1 saturated carbocycles. The normalized spacial score (nSPS) is 18.1. The smallest absolute Gasteiger partial charge is 0.325 e. The number of hydrogen-bond acceptors (Lipinski definition) is 4. The van der Waals surface area contributed by atoms with Gasteiger partial charge in [-0.05, 0) is 31.7 Å². The predicted molar refractivity (Wildman–Crippen MR) is 68.8 cm³/mol. The molecular weight excluding hydrogens is 232 g/mol. The second-order valence-corrected chi connectivity index (χ2v) is 5.02. The topological polar surface area (TPSA) is 81.4 Å². The lowest BCUT2D eigenvalue weighted by Crippen LogP contribution is -2.40. The van der Waals surface area contributed by atoms with Crippen LogP contribution in [-0.2, 0) is 14.3 Å². The average molecular weight is 256 g/mol. The number of hydrogen-bond donors (Lipinski definition) is 2. The molecule has 1 fully saturated rings. The van der Waals surface area contributed by atoms with Gasteiger partial charge >= 0.3 is 5.97 Å². The lowest BCUT2D eigenvalue weighted by Gasteiger charge is -2.35. The zero-order valence-electron chi connectivity index (χ0n) is 11.2. The quantitative estimate of drug-likeness (QED) is 0.694. The third-order valence-corrected chi connectivity index (χ3v) is 3.62. The molecule has 0 radical (unpaired) electrons. The van der Waals surface area contributed by atoms with E-state index in [-0.39, 0.29) is 17.9 Å². The molecule has 1 aliphatic carbocycles. The molecule has 0 aromatic rings. The Morgan fingerprint density at radius 1 is 1.28 bits per heavy atom. The molecule has 0 saturated heterocycles. The van der Waals surface area contributed by atoms with Gasteiger partial charge in [0.15, 0.2) is 0 Å². The van der Waals surface area contributed by atoms with E-state index in [0.717, 1.165) is 25.7 Å². The van der Waals surface area contributed by atoms with Gasteiger partial charge in [-0.1, -0.05) is 19.3 Å². The third kappa shape index (κ3) is 4.64. The van der Waals surface area contributed by atoms with Gasteiger partial charge in [0.2, 0.25) is 5.91 Å². The van der Waals surface area contributed by atoms with Crippen LogP contribution in [0.15, 0.2) is 0 Å². The molecule has 0 unspecified atom stereocenters. The van der Waals surface area contributed by atoms with E-state index in [9.17, 15) is 9.59 Å². The molecule has 0 bridgehead atoms. The van der Waals surface area contributed by atoms with Gasteiger partial charge in [0, 0.05) is 6.42 Å². The second-order valence-electron chi connectivity index (χ2n) is 5.02. The van der Waals surface area contributed by atoms with Gasteiger partial charge in [-0.15, -0.1) is 0 Å². The summed E-state index contributed by atoms with van der Waals surface area (Å²) < 4.78 is 4.76. The first-order valence-electron chi connectivity index (χ1n) is 6.74. The van der Waals surface area contributed by atoms with E-state index in [1.165, 1.54) is 6.42 Å². The standard InChI is InChI=1S/C13H24N2O3/c1-2-18-12(17)9-15-11(16)8-13(10-14)6-4-3-5-7-13/h2-10,14H2,1H3,(H,15,16). The molecule has 0 aromatic heterocycles. The van der Waals surface area contributed by atoms with Gasteiger partial charge < -0.3 is 15.8 Å². The molecule has 5 heteroatoms. The summed E-state index contributed by atoms with van der Waals surface area (Å²) in [6.45, 7) is 2.57. The van der Waals surface area contributed by atoms with Crippen molar-refractivity contribution < 1.29 is 14.3 Å². The summed E-state index contributed by atoms with van der Waals surface area (Å²) in [7, 11) is 0. The van der Waals surface area contributed by atoms with E-state index in [1.807, 2.05) is 0 Å². The highest BCUT2D eigenvalue weighted by molar-refractivity contribution is 5.82. The zero-order valence-corrected chi connectivity index (χ0v) is 11.2. The Hall–Kier alpha value is -1.10. The highest BCUT2D eigenvalue weighted by atomic mass is 16.5. The molecule has 0 atom stereocenters. The van der Waals surface area contributed by atoms with Gasteiger partial charge in [0.25, 0.3) is 0 Å². The molecule has 1 aliphatic rings. The Labute approximate surface area is 108 Å². The Morgan fingerprint density at radius 3 is 2.50 bits per heavy atom. The van der Waals surface area contributed by atoms with Crippen molar-refractivity contribution in [3.05, 3.63) is 0 Å². The minimum Gasteiger partial charge on any atom is -0.465 e. The zero-order chi connectivity index (χ0) is 13.4. The van der Waals surface area contributed by atoms with Crippen molar-refractivity contribution in [1.82, 2.24) is 5.32 Å². The fourth-order valence-corrected chi connectivity index (χ4v) is 2.54. The van der Waals surface area contributed by atoms with Crippen molar-refractivity contribution in [1.29, 1.82) is 0 Å². The molecule has 18 heavy (non-hydrogen) atoms. The minimum atomic E-state index is -0.392. The first-order valence-corrected chi connectivity index (χ1v) is 6.74. The van der Waals surface area contributed by atoms with Gasteiger partial charge in [0.1, 0.15) is 6.54 Å². The molecule has 0 aliphatic heterocycles. The van der Waals surface area contributed by atoms with E-state index < -0.39 is 5.97 Å². The Balaban J connectivity index is 2.35. The van der Waals surface area contributed by atoms with Crippen LogP contribution in [0.1, 0.15) is 45.4 Å². The molecule has 1 rings (SSSR count). The van der Waals surface area contributed by atoms with Crippen LogP contribution in [0, 0.1) is 5.41 Å². The van der Waals surface area contributed by atoms with Crippen molar-refractivity contribution >= 4 is 11.9 Å². The summed E-state index contributed by atoms with van der Waals surface area (Å²) in [5.41, 5.74) is 5.76. The maximum absolute atomic E-state index is 11.8. The highest BCUT2D eigenvalue weighted by Crippen LogP contribution is 2.38.